The lowest BCUT2D eigenvalue weighted by Crippen LogP contribution is -2.39. The molecule has 1 atom stereocenters. The molecule has 1 N–H and O–H groups in total. The zero-order valence-electron chi connectivity index (χ0n) is 10.5. The molecule has 1 aromatic carbocycles. The van der Waals surface area contributed by atoms with Crippen LogP contribution < -0.4 is 4.90 Å². The molecule has 1 aliphatic heterocycles. The van der Waals surface area contributed by atoms with Crippen LogP contribution in [0.3, 0.4) is 0 Å². The van der Waals surface area contributed by atoms with Gasteiger partial charge in [0.1, 0.15) is 0 Å². The topological polar surface area (TPSA) is 40.5 Å². The number of aliphatic carboxylic acids is 1. The maximum atomic E-state index is 13.1. The van der Waals surface area contributed by atoms with Gasteiger partial charge in [-0.2, -0.15) is 13.2 Å². The van der Waals surface area contributed by atoms with Crippen molar-refractivity contribution in [3.63, 3.8) is 0 Å². The SMILES string of the molecule is O=C(O)C1CCCN(c2ccc(Br)cc2C(F)(F)F)C1. The van der Waals surface area contributed by atoms with Gasteiger partial charge in [-0.05, 0) is 31.0 Å². The fourth-order valence-corrected chi connectivity index (χ4v) is 2.77. The van der Waals surface area contributed by atoms with Gasteiger partial charge in [-0.1, -0.05) is 15.9 Å². The zero-order chi connectivity index (χ0) is 14.9. The van der Waals surface area contributed by atoms with Gasteiger partial charge in [0.2, 0.25) is 0 Å². The molecule has 0 spiro atoms. The summed E-state index contributed by atoms with van der Waals surface area (Å²) in [4.78, 5) is 12.5. The van der Waals surface area contributed by atoms with Crippen molar-refractivity contribution < 1.29 is 23.1 Å². The Hall–Kier alpha value is -1.24. The molecule has 0 bridgehead atoms. The van der Waals surface area contributed by atoms with E-state index in [1.165, 1.54) is 17.0 Å². The number of nitrogens with zero attached hydrogens (tertiary/aromatic N) is 1. The number of benzene rings is 1. The molecule has 1 fully saturated rings. The van der Waals surface area contributed by atoms with Gasteiger partial charge in [0.05, 0.1) is 11.5 Å². The van der Waals surface area contributed by atoms with E-state index in [1.807, 2.05) is 0 Å². The molecular weight excluding hydrogens is 339 g/mol. The van der Waals surface area contributed by atoms with E-state index in [1.54, 1.807) is 0 Å². The molecule has 0 aliphatic carbocycles. The number of alkyl halides is 3. The number of carbonyl (C=O) groups is 1. The van der Waals surface area contributed by atoms with Crippen molar-refractivity contribution in [3.8, 4) is 0 Å². The molecule has 1 saturated heterocycles. The molecule has 1 aromatic rings. The molecule has 0 radical (unpaired) electrons. The molecule has 1 aliphatic rings. The van der Waals surface area contributed by atoms with Crippen LogP contribution in [0.4, 0.5) is 18.9 Å². The van der Waals surface area contributed by atoms with Crippen molar-refractivity contribution in [3.05, 3.63) is 28.2 Å². The van der Waals surface area contributed by atoms with Crippen LogP contribution in [0.1, 0.15) is 18.4 Å². The van der Waals surface area contributed by atoms with E-state index in [9.17, 15) is 18.0 Å². The molecule has 0 saturated carbocycles. The molecule has 1 unspecified atom stereocenters. The van der Waals surface area contributed by atoms with E-state index in [-0.39, 0.29) is 12.2 Å². The van der Waals surface area contributed by atoms with Gasteiger partial charge in [0, 0.05) is 23.2 Å². The van der Waals surface area contributed by atoms with E-state index in [0.29, 0.717) is 23.9 Å². The van der Waals surface area contributed by atoms with Crippen LogP contribution in [0.25, 0.3) is 0 Å². The van der Waals surface area contributed by atoms with Crippen molar-refractivity contribution >= 4 is 27.6 Å². The van der Waals surface area contributed by atoms with Gasteiger partial charge in [0.25, 0.3) is 0 Å². The van der Waals surface area contributed by atoms with Crippen molar-refractivity contribution in [2.24, 2.45) is 5.92 Å². The summed E-state index contributed by atoms with van der Waals surface area (Å²) in [6.45, 7) is 0.550. The Morgan fingerprint density at radius 1 is 1.40 bits per heavy atom. The third kappa shape index (κ3) is 3.26. The average molecular weight is 352 g/mol. The van der Waals surface area contributed by atoms with Crippen molar-refractivity contribution in [2.45, 2.75) is 19.0 Å². The first-order chi connectivity index (χ1) is 9.29. The van der Waals surface area contributed by atoms with Crippen LogP contribution in [-0.4, -0.2) is 24.2 Å². The first-order valence-electron chi connectivity index (χ1n) is 6.13. The molecule has 110 valence electrons. The standard InChI is InChI=1S/C13H13BrF3NO2/c14-9-3-4-11(10(6-9)13(15,16)17)18-5-1-2-8(7-18)12(19)20/h3-4,6,8H,1-2,5,7H2,(H,19,20). The Labute approximate surface area is 122 Å². The van der Waals surface area contributed by atoms with E-state index in [0.717, 1.165) is 6.07 Å². The van der Waals surface area contributed by atoms with Crippen molar-refractivity contribution in [1.29, 1.82) is 0 Å². The van der Waals surface area contributed by atoms with Crippen LogP contribution in [0.5, 0.6) is 0 Å². The molecule has 20 heavy (non-hydrogen) atoms. The third-order valence-electron chi connectivity index (χ3n) is 3.38. The smallest absolute Gasteiger partial charge is 0.418 e. The number of rotatable bonds is 2. The predicted octanol–water partition coefficient (Wildman–Crippen LogP) is 3.77. The zero-order valence-corrected chi connectivity index (χ0v) is 12.0. The normalized spacial score (nSPS) is 20.0. The molecule has 0 amide bonds. The van der Waals surface area contributed by atoms with E-state index in [2.05, 4.69) is 15.9 Å². The first-order valence-corrected chi connectivity index (χ1v) is 6.93. The van der Waals surface area contributed by atoms with Gasteiger partial charge in [-0.25, -0.2) is 0 Å². The summed E-state index contributed by atoms with van der Waals surface area (Å²) in [5.41, 5.74) is -0.690. The fourth-order valence-electron chi connectivity index (χ4n) is 2.41. The van der Waals surface area contributed by atoms with Crippen LogP contribution in [-0.2, 0) is 11.0 Å². The monoisotopic (exact) mass is 351 g/mol. The Balaban J connectivity index is 2.35. The van der Waals surface area contributed by atoms with Crippen LogP contribution >= 0.6 is 15.9 Å². The van der Waals surface area contributed by atoms with E-state index in [4.69, 9.17) is 5.11 Å². The second-order valence-corrected chi connectivity index (χ2v) is 5.70. The summed E-state index contributed by atoms with van der Waals surface area (Å²) in [7, 11) is 0. The Morgan fingerprint density at radius 3 is 2.70 bits per heavy atom. The maximum absolute atomic E-state index is 13.1. The summed E-state index contributed by atoms with van der Waals surface area (Å²) >= 11 is 3.04. The quantitative estimate of drug-likeness (QED) is 0.881. The second kappa shape index (κ2) is 5.63. The van der Waals surface area contributed by atoms with Crippen LogP contribution in [0.2, 0.25) is 0 Å². The minimum absolute atomic E-state index is 0.0478. The number of anilines is 1. The molecular formula is C13H13BrF3NO2. The third-order valence-corrected chi connectivity index (χ3v) is 3.87. The predicted molar refractivity (Wildman–Crippen MR) is 71.7 cm³/mol. The number of halogens is 4. The molecule has 0 aromatic heterocycles. The highest BCUT2D eigenvalue weighted by molar-refractivity contribution is 9.10. The number of hydrogen-bond acceptors (Lipinski definition) is 2. The maximum Gasteiger partial charge on any atom is 0.418 e. The molecule has 7 heteroatoms. The Morgan fingerprint density at radius 2 is 2.10 bits per heavy atom. The van der Waals surface area contributed by atoms with Gasteiger partial charge in [0.15, 0.2) is 0 Å². The van der Waals surface area contributed by atoms with Gasteiger partial charge in [-0.3, -0.25) is 4.79 Å². The molecule has 3 nitrogen and oxygen atoms in total. The van der Waals surface area contributed by atoms with Gasteiger partial charge < -0.3 is 10.0 Å². The minimum atomic E-state index is -4.46. The molecule has 1 heterocycles. The van der Waals surface area contributed by atoms with E-state index < -0.39 is 23.6 Å². The minimum Gasteiger partial charge on any atom is -0.481 e. The Bertz CT molecular complexity index is 519. The highest BCUT2D eigenvalue weighted by atomic mass is 79.9. The first kappa shape index (κ1) is 15.2. The molecule has 2 rings (SSSR count). The largest absolute Gasteiger partial charge is 0.481 e. The highest BCUT2D eigenvalue weighted by Gasteiger charge is 2.36. The summed E-state index contributed by atoms with van der Waals surface area (Å²) in [6.07, 6.45) is -3.39. The average Bonchev–Trinajstić information content (AvgIpc) is 2.37. The number of hydrogen-bond donors (Lipinski definition) is 1. The second-order valence-electron chi connectivity index (χ2n) is 4.78. The number of carboxylic acid groups (broad SMARTS) is 1. The van der Waals surface area contributed by atoms with Crippen LogP contribution in [0.15, 0.2) is 22.7 Å². The van der Waals surface area contributed by atoms with Crippen molar-refractivity contribution in [1.82, 2.24) is 0 Å². The number of piperidine rings is 1. The lowest BCUT2D eigenvalue weighted by atomic mass is 9.97. The van der Waals surface area contributed by atoms with Crippen molar-refractivity contribution in [2.75, 3.05) is 18.0 Å². The summed E-state index contributed by atoms with van der Waals surface area (Å²) in [5, 5.41) is 9.02. The number of carboxylic acids is 1. The highest BCUT2D eigenvalue weighted by Crippen LogP contribution is 2.39. The Kier molecular flexibility index (Phi) is 4.27. The van der Waals surface area contributed by atoms with Crippen LogP contribution in [0, 0.1) is 5.92 Å². The summed E-state index contributed by atoms with van der Waals surface area (Å²) in [5.74, 6) is -1.58. The van der Waals surface area contributed by atoms with E-state index >= 15 is 0 Å². The summed E-state index contributed by atoms with van der Waals surface area (Å²) in [6, 6.07) is 3.95. The lowest BCUT2D eigenvalue weighted by Gasteiger charge is -2.34. The lowest BCUT2D eigenvalue weighted by molar-refractivity contribution is -0.141. The van der Waals surface area contributed by atoms with Gasteiger partial charge >= 0.3 is 12.1 Å². The van der Waals surface area contributed by atoms with Gasteiger partial charge in [-0.15, -0.1) is 0 Å². The summed E-state index contributed by atoms with van der Waals surface area (Å²) < 4.78 is 39.6. The fraction of sp³-hybridized carbons (Fsp3) is 0.462.